The molecule has 2 N–H and O–H groups in total. The van der Waals surface area contributed by atoms with Crippen LogP contribution < -0.4 is 5.73 Å². The molecule has 1 aromatic heterocycles. The maximum Gasteiger partial charge on any atom is 0.0556 e. The van der Waals surface area contributed by atoms with E-state index in [1.165, 1.54) is 17.0 Å². The van der Waals surface area contributed by atoms with Crippen LogP contribution >= 0.6 is 0 Å². The monoisotopic (exact) mass is 214 g/mol. The molecule has 2 rings (SSSR count). The maximum absolute atomic E-state index is 5.70. The van der Waals surface area contributed by atoms with Gasteiger partial charge in [0.1, 0.15) is 0 Å². The molecule has 0 aliphatic heterocycles. The van der Waals surface area contributed by atoms with Gasteiger partial charge in [0, 0.05) is 17.1 Å². The van der Waals surface area contributed by atoms with Crippen LogP contribution in [-0.4, -0.2) is 4.57 Å². The zero-order valence-corrected chi connectivity index (χ0v) is 10.1. The van der Waals surface area contributed by atoms with Gasteiger partial charge in [0.05, 0.1) is 6.04 Å². The largest absolute Gasteiger partial charge is 0.399 e. The van der Waals surface area contributed by atoms with Crippen LogP contribution in [0.25, 0.3) is 0 Å². The van der Waals surface area contributed by atoms with Gasteiger partial charge in [-0.15, -0.1) is 0 Å². The van der Waals surface area contributed by atoms with E-state index >= 15 is 0 Å². The highest BCUT2D eigenvalue weighted by molar-refractivity contribution is 5.40. The number of hydrogen-bond acceptors (Lipinski definition) is 1. The first-order valence-corrected chi connectivity index (χ1v) is 5.59. The molecule has 2 nitrogen and oxygen atoms in total. The Morgan fingerprint density at radius 3 is 1.94 bits per heavy atom. The minimum atomic E-state index is 0.357. The van der Waals surface area contributed by atoms with E-state index in [-0.39, 0.29) is 0 Å². The lowest BCUT2D eigenvalue weighted by Gasteiger charge is -2.19. The second kappa shape index (κ2) is 4.05. The minimum absolute atomic E-state index is 0.357. The number of nitrogens with zero attached hydrogens (tertiary/aromatic N) is 1. The summed E-state index contributed by atoms with van der Waals surface area (Å²) in [5.41, 5.74) is 10.4. The predicted octanol–water partition coefficient (Wildman–Crippen LogP) is 3.30. The Labute approximate surface area is 96.7 Å². The van der Waals surface area contributed by atoms with Crippen LogP contribution in [0.3, 0.4) is 0 Å². The van der Waals surface area contributed by atoms with Crippen molar-refractivity contribution in [2.24, 2.45) is 0 Å². The van der Waals surface area contributed by atoms with Gasteiger partial charge in [0.25, 0.3) is 0 Å². The van der Waals surface area contributed by atoms with Crippen LogP contribution in [-0.2, 0) is 0 Å². The minimum Gasteiger partial charge on any atom is -0.399 e. The summed E-state index contributed by atoms with van der Waals surface area (Å²) in [4.78, 5) is 0. The van der Waals surface area contributed by atoms with E-state index in [1.54, 1.807) is 0 Å². The number of nitrogen functional groups attached to an aromatic ring is 1. The standard InChI is InChI=1S/C14H18N2/c1-10-4-5-11(2)16(10)12(3)13-6-8-14(15)9-7-13/h4-9,12H,15H2,1-3H3. The summed E-state index contributed by atoms with van der Waals surface area (Å²) in [6, 6.07) is 12.8. The summed E-state index contributed by atoms with van der Waals surface area (Å²) in [6.07, 6.45) is 0. The maximum atomic E-state index is 5.70. The van der Waals surface area contributed by atoms with Crippen molar-refractivity contribution in [1.29, 1.82) is 0 Å². The molecule has 2 heteroatoms. The smallest absolute Gasteiger partial charge is 0.0556 e. The number of anilines is 1. The molecule has 1 aromatic carbocycles. The average Bonchev–Trinajstić information content (AvgIpc) is 2.59. The zero-order chi connectivity index (χ0) is 11.7. The number of aryl methyl sites for hydroxylation is 2. The van der Waals surface area contributed by atoms with E-state index in [0.29, 0.717) is 6.04 Å². The van der Waals surface area contributed by atoms with Gasteiger partial charge in [0.15, 0.2) is 0 Å². The molecule has 0 bridgehead atoms. The van der Waals surface area contributed by atoms with Gasteiger partial charge in [-0.25, -0.2) is 0 Å². The topological polar surface area (TPSA) is 30.9 Å². The normalized spacial score (nSPS) is 12.7. The molecule has 0 radical (unpaired) electrons. The Hall–Kier alpha value is -1.70. The van der Waals surface area contributed by atoms with Crippen molar-refractivity contribution in [3.8, 4) is 0 Å². The summed E-state index contributed by atoms with van der Waals surface area (Å²) in [7, 11) is 0. The second-order valence-corrected chi connectivity index (χ2v) is 4.33. The van der Waals surface area contributed by atoms with E-state index < -0.39 is 0 Å². The van der Waals surface area contributed by atoms with Crippen LogP contribution in [0.2, 0.25) is 0 Å². The van der Waals surface area contributed by atoms with Gasteiger partial charge >= 0.3 is 0 Å². The van der Waals surface area contributed by atoms with Gasteiger partial charge in [0.2, 0.25) is 0 Å². The highest BCUT2D eigenvalue weighted by atomic mass is 15.0. The number of rotatable bonds is 2. The third-order valence-corrected chi connectivity index (χ3v) is 3.13. The molecule has 0 fully saturated rings. The fourth-order valence-electron chi connectivity index (χ4n) is 2.21. The number of hydrogen-bond donors (Lipinski definition) is 1. The van der Waals surface area contributed by atoms with Gasteiger partial charge < -0.3 is 10.3 Å². The van der Waals surface area contributed by atoms with Crippen LogP contribution in [0.1, 0.15) is 29.9 Å². The van der Waals surface area contributed by atoms with Crippen molar-refractivity contribution >= 4 is 5.69 Å². The van der Waals surface area contributed by atoms with Gasteiger partial charge in [-0.3, -0.25) is 0 Å². The van der Waals surface area contributed by atoms with Crippen LogP contribution in [0.5, 0.6) is 0 Å². The Morgan fingerprint density at radius 1 is 0.938 bits per heavy atom. The fraction of sp³-hybridized carbons (Fsp3) is 0.286. The van der Waals surface area contributed by atoms with E-state index in [1.807, 2.05) is 12.1 Å². The summed E-state index contributed by atoms with van der Waals surface area (Å²) >= 11 is 0. The zero-order valence-electron chi connectivity index (χ0n) is 10.1. The van der Waals surface area contributed by atoms with Crippen molar-refractivity contribution in [3.05, 3.63) is 53.3 Å². The van der Waals surface area contributed by atoms with Gasteiger partial charge in [-0.05, 0) is 50.6 Å². The third kappa shape index (κ3) is 1.83. The molecule has 0 saturated carbocycles. The highest BCUT2D eigenvalue weighted by Crippen LogP contribution is 2.23. The Kier molecular flexibility index (Phi) is 2.73. The molecule has 1 unspecified atom stereocenters. The van der Waals surface area contributed by atoms with Crippen LogP contribution in [0.4, 0.5) is 5.69 Å². The lowest BCUT2D eigenvalue weighted by Crippen LogP contribution is -2.09. The number of nitrogens with two attached hydrogens (primary N) is 1. The van der Waals surface area contributed by atoms with Gasteiger partial charge in [-0.2, -0.15) is 0 Å². The number of aromatic nitrogens is 1. The molecule has 0 aliphatic carbocycles. The average molecular weight is 214 g/mol. The molecule has 0 saturated heterocycles. The number of benzene rings is 1. The first-order chi connectivity index (χ1) is 7.59. The molecule has 0 spiro atoms. The Morgan fingerprint density at radius 2 is 1.44 bits per heavy atom. The third-order valence-electron chi connectivity index (χ3n) is 3.13. The van der Waals surface area contributed by atoms with Crippen molar-refractivity contribution in [1.82, 2.24) is 4.57 Å². The van der Waals surface area contributed by atoms with E-state index in [0.717, 1.165) is 5.69 Å². The van der Waals surface area contributed by atoms with E-state index in [9.17, 15) is 0 Å². The summed E-state index contributed by atoms with van der Waals surface area (Å²) in [6.45, 7) is 6.49. The molecular weight excluding hydrogens is 196 g/mol. The predicted molar refractivity (Wildman–Crippen MR) is 68.6 cm³/mol. The van der Waals surface area contributed by atoms with Gasteiger partial charge in [-0.1, -0.05) is 12.1 Å². The molecule has 16 heavy (non-hydrogen) atoms. The SMILES string of the molecule is Cc1ccc(C)n1C(C)c1ccc(N)cc1. The lowest BCUT2D eigenvalue weighted by molar-refractivity contribution is 0.610. The molecule has 0 amide bonds. The van der Waals surface area contributed by atoms with Crippen molar-refractivity contribution in [2.75, 3.05) is 5.73 Å². The Balaban J connectivity index is 2.39. The quantitative estimate of drug-likeness (QED) is 0.764. The van der Waals surface area contributed by atoms with Crippen molar-refractivity contribution in [3.63, 3.8) is 0 Å². The first-order valence-electron chi connectivity index (χ1n) is 5.59. The van der Waals surface area contributed by atoms with Crippen LogP contribution in [0.15, 0.2) is 36.4 Å². The van der Waals surface area contributed by atoms with Crippen LogP contribution in [0, 0.1) is 13.8 Å². The lowest BCUT2D eigenvalue weighted by atomic mass is 10.1. The summed E-state index contributed by atoms with van der Waals surface area (Å²) < 4.78 is 2.34. The molecule has 2 aromatic rings. The molecule has 1 heterocycles. The molecular formula is C14H18N2. The first kappa shape index (κ1) is 10.8. The van der Waals surface area contributed by atoms with Crippen molar-refractivity contribution in [2.45, 2.75) is 26.8 Å². The molecule has 0 aliphatic rings. The summed E-state index contributed by atoms with van der Waals surface area (Å²) in [5, 5.41) is 0. The summed E-state index contributed by atoms with van der Waals surface area (Å²) in [5.74, 6) is 0. The molecule has 84 valence electrons. The second-order valence-electron chi connectivity index (χ2n) is 4.33. The fourth-order valence-corrected chi connectivity index (χ4v) is 2.21. The van der Waals surface area contributed by atoms with Crippen molar-refractivity contribution < 1.29 is 0 Å². The Bertz CT molecular complexity index is 460. The van der Waals surface area contributed by atoms with E-state index in [4.69, 9.17) is 5.73 Å². The molecule has 1 atom stereocenters. The highest BCUT2D eigenvalue weighted by Gasteiger charge is 2.11. The van der Waals surface area contributed by atoms with E-state index in [2.05, 4.69) is 49.6 Å².